The van der Waals surface area contributed by atoms with Gasteiger partial charge in [-0.05, 0) is 22.9 Å². The summed E-state index contributed by atoms with van der Waals surface area (Å²) >= 11 is 3.37. The van der Waals surface area contributed by atoms with Gasteiger partial charge in [-0.1, -0.05) is 5.21 Å². The monoisotopic (exact) mass is 256 g/mol. The van der Waals surface area contributed by atoms with Crippen LogP contribution < -0.4 is 4.74 Å². The normalized spacial score (nSPS) is 10.8. The van der Waals surface area contributed by atoms with Crippen LogP contribution in [0.1, 0.15) is 6.92 Å². The van der Waals surface area contributed by atoms with Crippen molar-refractivity contribution in [2.75, 3.05) is 7.11 Å². The van der Waals surface area contributed by atoms with Crippen molar-refractivity contribution in [1.82, 2.24) is 20.0 Å². The van der Waals surface area contributed by atoms with Crippen LogP contribution in [0.5, 0.6) is 5.88 Å². The molecule has 0 saturated carbocycles. The van der Waals surface area contributed by atoms with Crippen molar-refractivity contribution < 1.29 is 4.74 Å². The van der Waals surface area contributed by atoms with E-state index in [2.05, 4.69) is 31.2 Å². The summed E-state index contributed by atoms with van der Waals surface area (Å²) in [5, 5.41) is 8.04. The van der Waals surface area contributed by atoms with Crippen molar-refractivity contribution in [1.29, 1.82) is 0 Å². The van der Waals surface area contributed by atoms with Crippen LogP contribution >= 0.6 is 15.9 Å². The van der Waals surface area contributed by atoms with Crippen LogP contribution in [0.2, 0.25) is 0 Å². The Labute approximate surface area is 89.2 Å². The van der Waals surface area contributed by atoms with Gasteiger partial charge in [0.2, 0.25) is 5.88 Å². The number of rotatable bonds is 2. The summed E-state index contributed by atoms with van der Waals surface area (Å²) in [6, 6.07) is 0. The van der Waals surface area contributed by atoms with Gasteiger partial charge in [0.15, 0.2) is 5.52 Å². The SMILES string of the molecule is CCn1nnc2c(Br)cnc(OC)c21. The lowest BCUT2D eigenvalue weighted by molar-refractivity contribution is 0.399. The first kappa shape index (κ1) is 9.39. The third-order valence-electron chi connectivity index (χ3n) is 1.95. The number of aromatic nitrogens is 4. The summed E-state index contributed by atoms with van der Waals surface area (Å²) in [7, 11) is 1.59. The minimum atomic E-state index is 0.551. The molecule has 0 aliphatic carbocycles. The van der Waals surface area contributed by atoms with E-state index in [0.717, 1.165) is 22.1 Å². The molecule has 5 nitrogen and oxygen atoms in total. The number of ether oxygens (including phenoxy) is 1. The maximum atomic E-state index is 5.15. The van der Waals surface area contributed by atoms with Crippen molar-refractivity contribution in [3.8, 4) is 5.88 Å². The number of hydrogen-bond acceptors (Lipinski definition) is 4. The third-order valence-corrected chi connectivity index (χ3v) is 2.53. The zero-order valence-electron chi connectivity index (χ0n) is 7.86. The van der Waals surface area contributed by atoms with Gasteiger partial charge >= 0.3 is 0 Å². The first-order valence-electron chi connectivity index (χ1n) is 4.19. The number of nitrogens with zero attached hydrogens (tertiary/aromatic N) is 4. The lowest BCUT2D eigenvalue weighted by atomic mass is 10.4. The molecular weight excluding hydrogens is 248 g/mol. The van der Waals surface area contributed by atoms with E-state index in [0.29, 0.717) is 5.88 Å². The summed E-state index contributed by atoms with van der Waals surface area (Å²) in [5.41, 5.74) is 1.60. The van der Waals surface area contributed by atoms with Gasteiger partial charge in [-0.15, -0.1) is 5.10 Å². The van der Waals surface area contributed by atoms with E-state index < -0.39 is 0 Å². The molecule has 0 unspecified atom stereocenters. The van der Waals surface area contributed by atoms with E-state index in [1.165, 1.54) is 0 Å². The molecule has 0 spiro atoms. The summed E-state index contributed by atoms with van der Waals surface area (Å²) in [5.74, 6) is 0.551. The van der Waals surface area contributed by atoms with Crippen LogP contribution in [0.3, 0.4) is 0 Å². The van der Waals surface area contributed by atoms with Crippen molar-refractivity contribution in [3.05, 3.63) is 10.7 Å². The summed E-state index contributed by atoms with van der Waals surface area (Å²) in [6.07, 6.45) is 1.66. The summed E-state index contributed by atoms with van der Waals surface area (Å²) < 4.78 is 7.73. The predicted molar refractivity (Wildman–Crippen MR) is 55.2 cm³/mol. The molecule has 2 aromatic rings. The van der Waals surface area contributed by atoms with E-state index in [4.69, 9.17) is 4.74 Å². The first-order chi connectivity index (χ1) is 6.77. The van der Waals surface area contributed by atoms with Gasteiger partial charge in [0.25, 0.3) is 0 Å². The van der Waals surface area contributed by atoms with Gasteiger partial charge in [-0.2, -0.15) is 0 Å². The van der Waals surface area contributed by atoms with E-state index in [1.54, 1.807) is 18.0 Å². The number of fused-ring (bicyclic) bond motifs is 1. The molecule has 0 aliphatic rings. The van der Waals surface area contributed by atoms with Crippen molar-refractivity contribution >= 4 is 27.0 Å². The van der Waals surface area contributed by atoms with Crippen LogP contribution in [0, 0.1) is 0 Å². The molecule has 2 heterocycles. The second-order valence-corrected chi connectivity index (χ2v) is 3.57. The molecule has 0 bridgehead atoms. The Kier molecular flexibility index (Phi) is 2.37. The van der Waals surface area contributed by atoms with E-state index in [-0.39, 0.29) is 0 Å². The van der Waals surface area contributed by atoms with Crippen LogP contribution in [-0.2, 0) is 6.54 Å². The minimum Gasteiger partial charge on any atom is -0.479 e. The fraction of sp³-hybridized carbons (Fsp3) is 0.375. The highest BCUT2D eigenvalue weighted by molar-refractivity contribution is 9.10. The molecule has 2 aromatic heterocycles. The minimum absolute atomic E-state index is 0.551. The Hall–Kier alpha value is -1.17. The van der Waals surface area contributed by atoms with Crippen LogP contribution in [0.4, 0.5) is 0 Å². The van der Waals surface area contributed by atoms with Gasteiger partial charge < -0.3 is 4.74 Å². The van der Waals surface area contributed by atoms with Crippen molar-refractivity contribution in [2.45, 2.75) is 13.5 Å². The number of hydrogen-bond donors (Lipinski definition) is 0. The number of halogens is 1. The molecule has 0 amide bonds. The van der Waals surface area contributed by atoms with E-state index in [9.17, 15) is 0 Å². The molecule has 0 aliphatic heterocycles. The number of pyridine rings is 1. The van der Waals surface area contributed by atoms with Gasteiger partial charge in [0, 0.05) is 12.7 Å². The molecule has 14 heavy (non-hydrogen) atoms. The fourth-order valence-electron chi connectivity index (χ4n) is 1.29. The molecule has 0 saturated heterocycles. The lowest BCUT2D eigenvalue weighted by Crippen LogP contribution is -1.99. The standard InChI is InChI=1S/C8H9BrN4O/c1-3-13-7-6(11-12-13)5(9)4-10-8(7)14-2/h4H,3H2,1-2H3. The number of methoxy groups -OCH3 is 1. The third kappa shape index (κ3) is 1.26. The average Bonchev–Trinajstić information content (AvgIpc) is 2.63. The largest absolute Gasteiger partial charge is 0.479 e. The van der Waals surface area contributed by atoms with E-state index >= 15 is 0 Å². The Balaban J connectivity index is 2.82. The molecular formula is C8H9BrN4O. The van der Waals surface area contributed by atoms with E-state index in [1.807, 2.05) is 6.92 Å². The second-order valence-electron chi connectivity index (χ2n) is 2.72. The topological polar surface area (TPSA) is 52.8 Å². The van der Waals surface area contributed by atoms with Gasteiger partial charge in [-0.25, -0.2) is 9.67 Å². The summed E-state index contributed by atoms with van der Waals surface area (Å²) in [4.78, 5) is 4.14. The molecule has 6 heteroatoms. The maximum absolute atomic E-state index is 5.15. The highest BCUT2D eigenvalue weighted by atomic mass is 79.9. The molecule has 2 rings (SSSR count). The van der Waals surface area contributed by atoms with Crippen LogP contribution in [0.25, 0.3) is 11.0 Å². The molecule has 0 radical (unpaired) electrons. The first-order valence-corrected chi connectivity index (χ1v) is 4.99. The Morgan fingerprint density at radius 1 is 1.57 bits per heavy atom. The zero-order chi connectivity index (χ0) is 10.1. The predicted octanol–water partition coefficient (Wildman–Crippen LogP) is 1.62. The van der Waals surface area contributed by atoms with Gasteiger partial charge in [0.05, 0.1) is 11.6 Å². The molecule has 0 N–H and O–H groups in total. The van der Waals surface area contributed by atoms with Gasteiger partial charge in [-0.3, -0.25) is 0 Å². The molecule has 74 valence electrons. The van der Waals surface area contributed by atoms with Crippen molar-refractivity contribution in [2.24, 2.45) is 0 Å². The highest BCUT2D eigenvalue weighted by Gasteiger charge is 2.13. The van der Waals surface area contributed by atoms with Crippen LogP contribution in [0.15, 0.2) is 10.7 Å². The highest BCUT2D eigenvalue weighted by Crippen LogP contribution is 2.27. The Morgan fingerprint density at radius 2 is 2.36 bits per heavy atom. The molecule has 0 fully saturated rings. The molecule has 0 atom stereocenters. The quantitative estimate of drug-likeness (QED) is 0.820. The molecule has 0 aromatic carbocycles. The van der Waals surface area contributed by atoms with Crippen molar-refractivity contribution in [3.63, 3.8) is 0 Å². The zero-order valence-corrected chi connectivity index (χ0v) is 9.45. The Bertz CT molecular complexity index is 468. The van der Waals surface area contributed by atoms with Crippen LogP contribution in [-0.4, -0.2) is 27.1 Å². The number of aryl methyl sites for hydroxylation is 1. The van der Waals surface area contributed by atoms with Gasteiger partial charge in [0.1, 0.15) is 5.52 Å². The Morgan fingerprint density at radius 3 is 3.00 bits per heavy atom. The average molecular weight is 257 g/mol. The second kappa shape index (κ2) is 3.53. The summed E-state index contributed by atoms with van der Waals surface area (Å²) in [6.45, 7) is 2.74. The lowest BCUT2D eigenvalue weighted by Gasteiger charge is -2.02. The smallest absolute Gasteiger partial charge is 0.241 e. The fourth-order valence-corrected chi connectivity index (χ4v) is 1.66. The maximum Gasteiger partial charge on any atom is 0.241 e.